The molecule has 0 bridgehead atoms. The third-order valence-corrected chi connectivity index (χ3v) is 9.24. The molecule has 0 aliphatic carbocycles. The summed E-state index contributed by atoms with van der Waals surface area (Å²) < 4.78 is 27.3. The zero-order valence-electron chi connectivity index (χ0n) is 18.8. The SMILES string of the molecule is O=C(CSc1nnc(NC(=O)c2ccc(S(=O)(=O)N3CCCC3)cc2)s1)NCCc1ccccc1. The fraction of sp³-hybridized carbons (Fsp3) is 0.304. The lowest BCUT2D eigenvalue weighted by molar-refractivity contribution is -0.118. The molecule has 1 aliphatic heterocycles. The fourth-order valence-electron chi connectivity index (χ4n) is 3.51. The van der Waals surface area contributed by atoms with Crippen LogP contribution in [-0.4, -0.2) is 60.1 Å². The zero-order chi connectivity index (χ0) is 24.7. The van der Waals surface area contributed by atoms with E-state index in [2.05, 4.69) is 20.8 Å². The fourth-order valence-corrected chi connectivity index (χ4v) is 6.61. The maximum Gasteiger partial charge on any atom is 0.257 e. The minimum absolute atomic E-state index is 0.101. The molecule has 0 saturated carbocycles. The average Bonchev–Trinajstić information content (AvgIpc) is 3.56. The predicted molar refractivity (Wildman–Crippen MR) is 136 cm³/mol. The van der Waals surface area contributed by atoms with E-state index in [0.717, 1.165) is 24.8 Å². The van der Waals surface area contributed by atoms with Gasteiger partial charge in [0.15, 0.2) is 4.34 Å². The maximum atomic E-state index is 12.6. The molecule has 4 rings (SSSR count). The molecular formula is C23H25N5O4S3. The Kier molecular flexibility index (Phi) is 8.50. The Hall–Kier alpha value is -2.80. The average molecular weight is 532 g/mol. The molecule has 0 unspecified atom stereocenters. The van der Waals surface area contributed by atoms with Crippen LogP contribution < -0.4 is 10.6 Å². The van der Waals surface area contributed by atoms with Gasteiger partial charge in [0.1, 0.15) is 0 Å². The monoisotopic (exact) mass is 531 g/mol. The van der Waals surface area contributed by atoms with Crippen molar-refractivity contribution in [1.82, 2.24) is 19.8 Å². The van der Waals surface area contributed by atoms with Gasteiger partial charge in [-0.3, -0.25) is 14.9 Å². The summed E-state index contributed by atoms with van der Waals surface area (Å²) in [6.07, 6.45) is 2.49. The second kappa shape index (κ2) is 11.8. The van der Waals surface area contributed by atoms with Gasteiger partial charge in [0.25, 0.3) is 5.91 Å². The number of nitrogens with one attached hydrogen (secondary N) is 2. The standard InChI is InChI=1S/C23H25N5O4S3/c29-20(24-13-12-17-6-2-1-3-7-17)16-33-23-27-26-22(34-23)25-21(30)18-8-10-19(11-9-18)35(31,32)28-14-4-5-15-28/h1-3,6-11H,4-5,12-16H2,(H,24,29)(H,25,26,30). The van der Waals surface area contributed by atoms with E-state index in [0.29, 0.717) is 34.7 Å². The minimum Gasteiger partial charge on any atom is -0.355 e. The summed E-state index contributed by atoms with van der Waals surface area (Å²) in [4.78, 5) is 24.8. The second-order valence-corrected chi connectivity index (χ2v) is 12.0. The Balaban J connectivity index is 1.23. The summed E-state index contributed by atoms with van der Waals surface area (Å²) >= 11 is 2.41. The molecule has 2 heterocycles. The van der Waals surface area contributed by atoms with E-state index in [4.69, 9.17) is 0 Å². The van der Waals surface area contributed by atoms with Crippen molar-refractivity contribution in [2.45, 2.75) is 28.5 Å². The quantitative estimate of drug-likeness (QED) is 0.305. The topological polar surface area (TPSA) is 121 Å². The summed E-state index contributed by atoms with van der Waals surface area (Å²) in [6.45, 7) is 1.60. The van der Waals surface area contributed by atoms with Gasteiger partial charge in [-0.25, -0.2) is 8.42 Å². The van der Waals surface area contributed by atoms with Crippen molar-refractivity contribution in [2.75, 3.05) is 30.7 Å². The van der Waals surface area contributed by atoms with Crippen LogP contribution in [0.5, 0.6) is 0 Å². The zero-order valence-corrected chi connectivity index (χ0v) is 21.3. The molecule has 3 aromatic rings. The van der Waals surface area contributed by atoms with Gasteiger partial charge < -0.3 is 5.32 Å². The predicted octanol–water partition coefficient (Wildman–Crippen LogP) is 3.03. The summed E-state index contributed by atoms with van der Waals surface area (Å²) in [7, 11) is -3.52. The number of hydrogen-bond donors (Lipinski definition) is 2. The largest absolute Gasteiger partial charge is 0.355 e. The molecule has 184 valence electrons. The van der Waals surface area contributed by atoms with Gasteiger partial charge >= 0.3 is 0 Å². The molecule has 0 atom stereocenters. The van der Waals surface area contributed by atoms with Crippen LogP contribution in [-0.2, 0) is 21.2 Å². The van der Waals surface area contributed by atoms with E-state index in [1.807, 2.05) is 30.3 Å². The first-order chi connectivity index (χ1) is 16.9. The Bertz CT molecular complexity index is 1260. The molecule has 1 fully saturated rings. The highest BCUT2D eigenvalue weighted by atomic mass is 32.2. The van der Waals surface area contributed by atoms with Crippen LogP contribution in [0.25, 0.3) is 0 Å². The lowest BCUT2D eigenvalue weighted by Gasteiger charge is -2.15. The molecule has 1 aromatic heterocycles. The molecule has 35 heavy (non-hydrogen) atoms. The number of aromatic nitrogens is 2. The second-order valence-electron chi connectivity index (χ2n) is 7.84. The third kappa shape index (κ3) is 6.88. The number of rotatable bonds is 10. The Morgan fingerprint density at radius 1 is 1.00 bits per heavy atom. The van der Waals surface area contributed by atoms with E-state index in [9.17, 15) is 18.0 Å². The van der Waals surface area contributed by atoms with Gasteiger partial charge in [-0.15, -0.1) is 10.2 Å². The van der Waals surface area contributed by atoms with Crippen LogP contribution in [0, 0.1) is 0 Å². The first kappa shape index (κ1) is 25.3. The summed E-state index contributed by atoms with van der Waals surface area (Å²) in [5.41, 5.74) is 1.47. The molecule has 2 N–H and O–H groups in total. The lowest BCUT2D eigenvalue weighted by atomic mass is 10.1. The Morgan fingerprint density at radius 2 is 1.71 bits per heavy atom. The van der Waals surface area contributed by atoms with Crippen molar-refractivity contribution in [1.29, 1.82) is 0 Å². The number of nitrogens with zero attached hydrogens (tertiary/aromatic N) is 3. The molecule has 2 amide bonds. The number of benzene rings is 2. The first-order valence-corrected chi connectivity index (χ1v) is 14.3. The number of thioether (sulfide) groups is 1. The maximum absolute atomic E-state index is 12.6. The number of anilines is 1. The highest BCUT2D eigenvalue weighted by Gasteiger charge is 2.27. The summed E-state index contributed by atoms with van der Waals surface area (Å²) in [5.74, 6) is -0.318. The molecule has 1 saturated heterocycles. The Morgan fingerprint density at radius 3 is 2.43 bits per heavy atom. The van der Waals surface area contributed by atoms with E-state index < -0.39 is 15.9 Å². The van der Waals surface area contributed by atoms with Gasteiger partial charge in [-0.05, 0) is 49.1 Å². The molecular weight excluding hydrogens is 506 g/mol. The van der Waals surface area contributed by atoms with E-state index in [1.54, 1.807) is 0 Å². The third-order valence-electron chi connectivity index (χ3n) is 5.35. The smallest absolute Gasteiger partial charge is 0.257 e. The van der Waals surface area contributed by atoms with Gasteiger partial charge in [0.05, 0.1) is 10.6 Å². The minimum atomic E-state index is -3.52. The van der Waals surface area contributed by atoms with E-state index >= 15 is 0 Å². The van der Waals surface area contributed by atoms with Crippen LogP contribution in [0.1, 0.15) is 28.8 Å². The number of sulfonamides is 1. The lowest BCUT2D eigenvalue weighted by Crippen LogP contribution is -2.27. The molecule has 1 aliphatic rings. The number of hydrogen-bond acceptors (Lipinski definition) is 8. The number of carbonyl (C=O) groups is 2. The van der Waals surface area contributed by atoms with Crippen molar-refractivity contribution in [3.05, 3.63) is 65.7 Å². The number of carbonyl (C=O) groups excluding carboxylic acids is 2. The first-order valence-electron chi connectivity index (χ1n) is 11.1. The molecule has 0 spiro atoms. The highest BCUT2D eigenvalue weighted by molar-refractivity contribution is 8.01. The van der Waals surface area contributed by atoms with Crippen molar-refractivity contribution >= 4 is 50.1 Å². The van der Waals surface area contributed by atoms with Crippen LogP contribution >= 0.6 is 23.1 Å². The van der Waals surface area contributed by atoms with Crippen LogP contribution in [0.4, 0.5) is 5.13 Å². The highest BCUT2D eigenvalue weighted by Crippen LogP contribution is 2.26. The normalized spacial score (nSPS) is 14.1. The van der Waals surface area contributed by atoms with Crippen molar-refractivity contribution in [2.24, 2.45) is 0 Å². The molecule has 9 nitrogen and oxygen atoms in total. The van der Waals surface area contributed by atoms with Gasteiger partial charge in [-0.2, -0.15) is 4.31 Å². The van der Waals surface area contributed by atoms with Crippen LogP contribution in [0.2, 0.25) is 0 Å². The van der Waals surface area contributed by atoms with Crippen LogP contribution in [0.3, 0.4) is 0 Å². The summed E-state index contributed by atoms with van der Waals surface area (Å²) in [6, 6.07) is 15.8. The van der Waals surface area contributed by atoms with Crippen molar-refractivity contribution < 1.29 is 18.0 Å². The number of amides is 2. The molecule has 0 radical (unpaired) electrons. The van der Waals surface area contributed by atoms with Crippen molar-refractivity contribution in [3.63, 3.8) is 0 Å². The van der Waals surface area contributed by atoms with Crippen molar-refractivity contribution in [3.8, 4) is 0 Å². The molecule has 12 heteroatoms. The summed E-state index contributed by atoms with van der Waals surface area (Å²) in [5, 5.41) is 13.8. The van der Waals surface area contributed by atoms with E-state index in [1.165, 1.54) is 51.7 Å². The Labute approximate surface area is 212 Å². The molecule has 2 aromatic carbocycles. The van der Waals surface area contributed by atoms with Gasteiger partial charge in [0, 0.05) is 25.2 Å². The van der Waals surface area contributed by atoms with Crippen LogP contribution in [0.15, 0.2) is 63.8 Å². The van der Waals surface area contributed by atoms with Gasteiger partial charge in [0.2, 0.25) is 21.1 Å². The van der Waals surface area contributed by atoms with Gasteiger partial charge in [-0.1, -0.05) is 53.4 Å². The van der Waals surface area contributed by atoms with E-state index in [-0.39, 0.29) is 16.6 Å².